The first-order chi connectivity index (χ1) is 13.8. The molecule has 0 bridgehead atoms. The number of methoxy groups -OCH3 is 1. The minimum atomic E-state index is 0.391. The zero-order valence-electron chi connectivity index (χ0n) is 17.3. The minimum absolute atomic E-state index is 0.391. The molecule has 1 unspecified atom stereocenters. The second-order valence-corrected chi connectivity index (χ2v) is 7.32. The number of hydrogen-bond acceptors (Lipinski definition) is 5. The van der Waals surface area contributed by atoms with Crippen LogP contribution in [0.15, 0.2) is 29.3 Å². The normalized spacial score (nSPS) is 21.0. The topological polar surface area (TPSA) is 61.4 Å². The minimum Gasteiger partial charge on any atom is -0.495 e. The van der Waals surface area contributed by atoms with E-state index in [1.54, 1.807) is 7.11 Å². The van der Waals surface area contributed by atoms with Crippen molar-refractivity contribution >= 4 is 11.6 Å². The van der Waals surface area contributed by atoms with Gasteiger partial charge in [0.2, 0.25) is 0 Å². The van der Waals surface area contributed by atoms with Gasteiger partial charge in [0.25, 0.3) is 0 Å². The van der Waals surface area contributed by atoms with Gasteiger partial charge in [-0.1, -0.05) is 12.1 Å². The highest BCUT2D eigenvalue weighted by Crippen LogP contribution is 2.30. The molecule has 2 N–H and O–H groups in total. The van der Waals surface area contributed by atoms with Crippen molar-refractivity contribution < 1.29 is 9.47 Å². The summed E-state index contributed by atoms with van der Waals surface area (Å²) < 4.78 is 10.9. The zero-order valence-corrected chi connectivity index (χ0v) is 17.3. The van der Waals surface area contributed by atoms with E-state index in [0.717, 1.165) is 83.6 Å². The first-order valence-electron chi connectivity index (χ1n) is 10.5. The van der Waals surface area contributed by atoms with E-state index in [4.69, 9.17) is 14.5 Å². The fraction of sp³-hybridized carbons (Fsp3) is 0.667. The maximum atomic E-state index is 5.52. The number of guanidine groups is 1. The van der Waals surface area contributed by atoms with Crippen LogP contribution in [0.5, 0.6) is 5.75 Å². The number of anilines is 1. The Morgan fingerprint density at radius 2 is 2.07 bits per heavy atom. The number of benzene rings is 1. The molecular formula is C21H35N5O2. The number of nitrogens with zero attached hydrogens (tertiary/aromatic N) is 3. The van der Waals surface area contributed by atoms with Gasteiger partial charge in [0, 0.05) is 51.9 Å². The summed E-state index contributed by atoms with van der Waals surface area (Å²) in [5.41, 5.74) is 1.17. The van der Waals surface area contributed by atoms with Gasteiger partial charge >= 0.3 is 0 Å². The Morgan fingerprint density at radius 1 is 1.25 bits per heavy atom. The highest BCUT2D eigenvalue weighted by Gasteiger charge is 2.25. The molecule has 1 aromatic rings. The van der Waals surface area contributed by atoms with Gasteiger partial charge in [0.1, 0.15) is 5.75 Å². The van der Waals surface area contributed by atoms with Gasteiger partial charge in [-0.2, -0.15) is 0 Å². The molecule has 0 saturated carbocycles. The third-order valence-corrected chi connectivity index (χ3v) is 5.31. The van der Waals surface area contributed by atoms with Crippen LogP contribution in [-0.2, 0) is 4.74 Å². The van der Waals surface area contributed by atoms with E-state index in [1.807, 2.05) is 12.1 Å². The molecule has 0 amide bonds. The Hall–Kier alpha value is -1.99. The van der Waals surface area contributed by atoms with E-state index < -0.39 is 0 Å². The van der Waals surface area contributed by atoms with Crippen molar-refractivity contribution in [2.75, 3.05) is 71.0 Å². The van der Waals surface area contributed by atoms with Gasteiger partial charge in [-0.15, -0.1) is 0 Å². The third kappa shape index (κ3) is 6.01. The number of aliphatic imine (C=N–C) groups is 1. The van der Waals surface area contributed by atoms with Gasteiger partial charge in [-0.05, 0) is 31.9 Å². The van der Waals surface area contributed by atoms with Crippen LogP contribution in [0, 0.1) is 0 Å². The highest BCUT2D eigenvalue weighted by atomic mass is 16.5. The van der Waals surface area contributed by atoms with Gasteiger partial charge in [-0.3, -0.25) is 9.89 Å². The van der Waals surface area contributed by atoms with Gasteiger partial charge < -0.3 is 25.0 Å². The molecule has 2 aliphatic heterocycles. The lowest BCUT2D eigenvalue weighted by Crippen LogP contribution is -2.44. The molecule has 7 heteroatoms. The predicted octanol–water partition coefficient (Wildman–Crippen LogP) is 1.55. The number of ether oxygens (including phenoxy) is 2. The fourth-order valence-electron chi connectivity index (χ4n) is 3.81. The van der Waals surface area contributed by atoms with Crippen LogP contribution in [0.2, 0.25) is 0 Å². The lowest BCUT2D eigenvalue weighted by molar-refractivity contribution is 0.0377. The summed E-state index contributed by atoms with van der Waals surface area (Å²) in [6.07, 6.45) is 2.17. The monoisotopic (exact) mass is 389 g/mol. The third-order valence-electron chi connectivity index (χ3n) is 5.31. The SMILES string of the molecule is CCNC(=NCCCN1CCOCC1)NC1CCN(c2ccccc2OC)C1. The zero-order chi connectivity index (χ0) is 19.6. The predicted molar refractivity (Wildman–Crippen MR) is 115 cm³/mol. The number of para-hydroxylation sites is 2. The number of hydrogen-bond donors (Lipinski definition) is 2. The van der Waals surface area contributed by atoms with Crippen LogP contribution in [0.3, 0.4) is 0 Å². The quantitative estimate of drug-likeness (QED) is 0.400. The molecule has 2 saturated heterocycles. The van der Waals surface area contributed by atoms with Gasteiger partial charge in [0.15, 0.2) is 5.96 Å². The molecule has 28 heavy (non-hydrogen) atoms. The summed E-state index contributed by atoms with van der Waals surface area (Å²) in [6.45, 7) is 10.7. The van der Waals surface area contributed by atoms with Crippen LogP contribution in [0.4, 0.5) is 5.69 Å². The largest absolute Gasteiger partial charge is 0.495 e. The fourth-order valence-corrected chi connectivity index (χ4v) is 3.81. The smallest absolute Gasteiger partial charge is 0.191 e. The maximum absolute atomic E-state index is 5.52. The Balaban J connectivity index is 1.47. The van der Waals surface area contributed by atoms with Crippen LogP contribution in [-0.4, -0.2) is 83.0 Å². The van der Waals surface area contributed by atoms with Crippen LogP contribution in [0.25, 0.3) is 0 Å². The molecule has 0 radical (unpaired) electrons. The van der Waals surface area contributed by atoms with E-state index in [1.165, 1.54) is 5.69 Å². The Labute approximate surface area is 169 Å². The molecule has 2 aliphatic rings. The average Bonchev–Trinajstić information content (AvgIpc) is 3.20. The van der Waals surface area contributed by atoms with Gasteiger partial charge in [-0.25, -0.2) is 0 Å². The first kappa shape index (κ1) is 20.7. The van der Waals surface area contributed by atoms with Crippen molar-refractivity contribution in [1.29, 1.82) is 0 Å². The molecule has 2 fully saturated rings. The Kier molecular flexibility index (Phi) is 8.23. The van der Waals surface area contributed by atoms with E-state index in [-0.39, 0.29) is 0 Å². The molecule has 1 atom stereocenters. The van der Waals surface area contributed by atoms with Crippen LogP contribution < -0.4 is 20.3 Å². The van der Waals surface area contributed by atoms with Crippen molar-refractivity contribution in [3.8, 4) is 5.75 Å². The van der Waals surface area contributed by atoms with Crippen molar-refractivity contribution in [1.82, 2.24) is 15.5 Å². The second-order valence-electron chi connectivity index (χ2n) is 7.32. The molecule has 7 nitrogen and oxygen atoms in total. The summed E-state index contributed by atoms with van der Waals surface area (Å²) in [6, 6.07) is 8.63. The molecule has 0 spiro atoms. The highest BCUT2D eigenvalue weighted by molar-refractivity contribution is 5.80. The Morgan fingerprint density at radius 3 is 2.86 bits per heavy atom. The molecular weight excluding hydrogens is 354 g/mol. The second kappa shape index (κ2) is 11.1. The maximum Gasteiger partial charge on any atom is 0.191 e. The van der Waals surface area contributed by atoms with E-state index >= 15 is 0 Å². The van der Waals surface area contributed by atoms with Crippen LogP contribution >= 0.6 is 0 Å². The number of nitrogens with one attached hydrogen (secondary N) is 2. The van der Waals surface area contributed by atoms with Crippen molar-refractivity contribution in [2.45, 2.75) is 25.8 Å². The molecule has 1 aromatic carbocycles. The molecule has 3 rings (SSSR count). The lowest BCUT2D eigenvalue weighted by atomic mass is 10.2. The summed E-state index contributed by atoms with van der Waals surface area (Å²) >= 11 is 0. The van der Waals surface area contributed by atoms with Crippen molar-refractivity contribution in [3.05, 3.63) is 24.3 Å². The van der Waals surface area contributed by atoms with E-state index in [0.29, 0.717) is 6.04 Å². The summed E-state index contributed by atoms with van der Waals surface area (Å²) in [7, 11) is 1.73. The molecule has 0 aromatic heterocycles. The standard InChI is InChI=1S/C21H35N5O2/c1-3-22-21(23-10-6-11-25-13-15-28-16-14-25)24-18-9-12-26(17-18)19-7-4-5-8-20(19)27-2/h4-5,7-8,18H,3,6,9-17H2,1-2H3,(H2,22,23,24). The Bertz CT molecular complexity index is 619. The summed E-state index contributed by atoms with van der Waals surface area (Å²) in [5.74, 6) is 1.86. The molecule has 2 heterocycles. The first-order valence-corrected chi connectivity index (χ1v) is 10.5. The summed E-state index contributed by atoms with van der Waals surface area (Å²) in [4.78, 5) is 9.63. The van der Waals surface area contributed by atoms with E-state index in [2.05, 4.69) is 39.5 Å². The molecule has 0 aliphatic carbocycles. The van der Waals surface area contributed by atoms with Crippen molar-refractivity contribution in [3.63, 3.8) is 0 Å². The summed E-state index contributed by atoms with van der Waals surface area (Å²) in [5, 5.41) is 7.00. The molecule has 156 valence electrons. The number of rotatable bonds is 8. The number of morpholine rings is 1. The lowest BCUT2D eigenvalue weighted by Gasteiger charge is -2.26. The van der Waals surface area contributed by atoms with Crippen molar-refractivity contribution in [2.24, 2.45) is 4.99 Å². The van der Waals surface area contributed by atoms with E-state index in [9.17, 15) is 0 Å². The average molecular weight is 390 g/mol. The van der Waals surface area contributed by atoms with Crippen LogP contribution in [0.1, 0.15) is 19.8 Å². The van der Waals surface area contributed by atoms with Gasteiger partial charge in [0.05, 0.1) is 26.0 Å².